The highest BCUT2D eigenvalue weighted by atomic mass is 16.2. The Kier molecular flexibility index (Phi) is 10.5. The molecule has 0 aliphatic heterocycles. The van der Waals surface area contributed by atoms with Gasteiger partial charge in [-0.2, -0.15) is 0 Å². The van der Waals surface area contributed by atoms with Crippen molar-refractivity contribution in [1.29, 1.82) is 0 Å². The van der Waals surface area contributed by atoms with Crippen LogP contribution in [0, 0.1) is 18.3 Å². The normalized spacial score (nSPS) is 10.2. The molecule has 0 heterocycles. The summed E-state index contributed by atoms with van der Waals surface area (Å²) in [6.45, 7) is 7.26. The van der Waals surface area contributed by atoms with Crippen molar-refractivity contribution in [2.45, 2.75) is 52.9 Å². The molecule has 0 rings (SSSR count). The summed E-state index contributed by atoms with van der Waals surface area (Å²) >= 11 is 0. The van der Waals surface area contributed by atoms with Gasteiger partial charge < -0.3 is 10.2 Å². The summed E-state index contributed by atoms with van der Waals surface area (Å²) in [4.78, 5) is 25.1. The Morgan fingerprint density at radius 2 is 2.00 bits per heavy atom. The maximum atomic E-state index is 11.9. The largest absolute Gasteiger partial charge is 0.355 e. The van der Waals surface area contributed by atoms with Gasteiger partial charge >= 0.3 is 0 Å². The van der Waals surface area contributed by atoms with Crippen molar-refractivity contribution >= 4 is 11.8 Å². The van der Waals surface area contributed by atoms with Crippen LogP contribution in [0.5, 0.6) is 0 Å². The smallest absolute Gasteiger partial charge is 0.239 e. The monoisotopic (exact) mass is 280 g/mol. The molecule has 0 aliphatic carbocycles. The van der Waals surface area contributed by atoms with Crippen LogP contribution >= 0.6 is 0 Å². The molecule has 4 nitrogen and oxygen atoms in total. The molecule has 0 aliphatic rings. The molecule has 0 aromatic carbocycles. The molecular weight excluding hydrogens is 252 g/mol. The Morgan fingerprint density at radius 3 is 2.55 bits per heavy atom. The SMILES string of the molecule is C#CCN(CC(=O)NCCCC(C)C)C(=O)CCCC. The van der Waals surface area contributed by atoms with Crippen LogP contribution in [0.15, 0.2) is 0 Å². The minimum Gasteiger partial charge on any atom is -0.355 e. The van der Waals surface area contributed by atoms with Crippen molar-refractivity contribution in [3.8, 4) is 12.3 Å². The number of carbonyl (C=O) groups is 2. The Hall–Kier alpha value is -1.50. The average molecular weight is 280 g/mol. The van der Waals surface area contributed by atoms with Crippen molar-refractivity contribution in [3.63, 3.8) is 0 Å². The van der Waals surface area contributed by atoms with Crippen LogP contribution in [0.25, 0.3) is 0 Å². The van der Waals surface area contributed by atoms with Crippen LogP contribution in [-0.2, 0) is 9.59 Å². The molecule has 0 unspecified atom stereocenters. The van der Waals surface area contributed by atoms with E-state index in [4.69, 9.17) is 6.42 Å². The summed E-state index contributed by atoms with van der Waals surface area (Å²) in [7, 11) is 0. The van der Waals surface area contributed by atoms with Crippen LogP contribution in [0.3, 0.4) is 0 Å². The van der Waals surface area contributed by atoms with E-state index in [0.717, 1.165) is 25.7 Å². The molecule has 0 aromatic heterocycles. The fourth-order valence-corrected chi connectivity index (χ4v) is 1.80. The number of terminal acetylenes is 1. The van der Waals surface area contributed by atoms with Crippen LogP contribution in [0.4, 0.5) is 0 Å². The number of unbranched alkanes of at least 4 members (excludes halogenated alkanes) is 1. The third-order valence-electron chi connectivity index (χ3n) is 2.99. The fraction of sp³-hybridized carbons (Fsp3) is 0.750. The van der Waals surface area contributed by atoms with Gasteiger partial charge in [0.05, 0.1) is 6.54 Å². The molecule has 0 bridgehead atoms. The predicted octanol–water partition coefficient (Wildman–Crippen LogP) is 2.19. The lowest BCUT2D eigenvalue weighted by Crippen LogP contribution is -2.41. The second-order valence-corrected chi connectivity index (χ2v) is 5.44. The molecule has 1 N–H and O–H groups in total. The predicted molar refractivity (Wildman–Crippen MR) is 82.0 cm³/mol. The van der Waals surface area contributed by atoms with Gasteiger partial charge in [0, 0.05) is 13.0 Å². The summed E-state index contributed by atoms with van der Waals surface area (Å²) in [5.74, 6) is 2.91. The third kappa shape index (κ3) is 9.43. The van der Waals surface area contributed by atoms with E-state index in [2.05, 4.69) is 25.1 Å². The van der Waals surface area contributed by atoms with Crippen LogP contribution < -0.4 is 5.32 Å². The summed E-state index contributed by atoms with van der Waals surface area (Å²) in [6.07, 6.45) is 9.54. The molecule has 0 aromatic rings. The van der Waals surface area contributed by atoms with E-state index in [-0.39, 0.29) is 24.9 Å². The standard InChI is InChI=1S/C16H28N2O2/c1-5-7-10-16(20)18(12-6-2)13-15(19)17-11-8-9-14(3)4/h2,14H,5,7-13H2,1,3-4H3,(H,17,19). The number of rotatable bonds is 10. The van der Waals surface area contributed by atoms with Crippen molar-refractivity contribution < 1.29 is 9.59 Å². The number of nitrogens with one attached hydrogen (secondary N) is 1. The number of hydrogen-bond acceptors (Lipinski definition) is 2. The zero-order valence-corrected chi connectivity index (χ0v) is 13.1. The molecule has 0 radical (unpaired) electrons. The lowest BCUT2D eigenvalue weighted by atomic mass is 10.1. The highest BCUT2D eigenvalue weighted by molar-refractivity contribution is 5.84. The zero-order valence-electron chi connectivity index (χ0n) is 13.1. The quantitative estimate of drug-likeness (QED) is 0.492. The highest BCUT2D eigenvalue weighted by Gasteiger charge is 2.15. The Balaban J connectivity index is 4.07. The van der Waals surface area contributed by atoms with E-state index in [0.29, 0.717) is 18.9 Å². The molecule has 0 saturated carbocycles. The van der Waals surface area contributed by atoms with E-state index in [1.807, 2.05) is 6.92 Å². The summed E-state index contributed by atoms with van der Waals surface area (Å²) in [5.41, 5.74) is 0. The molecule has 0 saturated heterocycles. The Bertz CT molecular complexity index is 332. The van der Waals surface area contributed by atoms with Gasteiger partial charge in [0.15, 0.2) is 0 Å². The molecule has 0 atom stereocenters. The van der Waals surface area contributed by atoms with E-state index in [1.165, 1.54) is 4.90 Å². The summed E-state index contributed by atoms with van der Waals surface area (Å²) in [6, 6.07) is 0. The third-order valence-corrected chi connectivity index (χ3v) is 2.99. The maximum absolute atomic E-state index is 11.9. The topological polar surface area (TPSA) is 49.4 Å². The van der Waals surface area contributed by atoms with Crippen LogP contribution in [0.1, 0.15) is 52.9 Å². The molecule has 4 heteroatoms. The molecule has 0 spiro atoms. The first-order valence-corrected chi connectivity index (χ1v) is 7.49. The van der Waals surface area contributed by atoms with Crippen molar-refractivity contribution in [2.75, 3.05) is 19.6 Å². The van der Waals surface area contributed by atoms with Gasteiger partial charge in [0.1, 0.15) is 6.54 Å². The van der Waals surface area contributed by atoms with Crippen molar-refractivity contribution in [2.24, 2.45) is 5.92 Å². The minimum absolute atomic E-state index is 0.0397. The van der Waals surface area contributed by atoms with Crippen LogP contribution in [-0.4, -0.2) is 36.3 Å². The molecule has 114 valence electrons. The number of hydrogen-bond donors (Lipinski definition) is 1. The van der Waals surface area contributed by atoms with Gasteiger partial charge in [-0.1, -0.05) is 33.1 Å². The first-order chi connectivity index (χ1) is 9.51. The Labute approximate surface area is 123 Å². The second-order valence-electron chi connectivity index (χ2n) is 5.44. The minimum atomic E-state index is -0.131. The first kappa shape index (κ1) is 18.5. The van der Waals surface area contributed by atoms with Gasteiger partial charge in [-0.05, 0) is 25.2 Å². The summed E-state index contributed by atoms with van der Waals surface area (Å²) in [5, 5.41) is 2.84. The van der Waals surface area contributed by atoms with Gasteiger partial charge in [0.2, 0.25) is 11.8 Å². The number of carbonyl (C=O) groups excluding carboxylic acids is 2. The number of amides is 2. The van der Waals surface area contributed by atoms with Crippen LogP contribution in [0.2, 0.25) is 0 Å². The lowest BCUT2D eigenvalue weighted by molar-refractivity contribution is -0.135. The van der Waals surface area contributed by atoms with Crippen molar-refractivity contribution in [3.05, 3.63) is 0 Å². The highest BCUT2D eigenvalue weighted by Crippen LogP contribution is 2.02. The van der Waals surface area contributed by atoms with E-state index < -0.39 is 0 Å². The fourth-order valence-electron chi connectivity index (χ4n) is 1.80. The molecular formula is C16H28N2O2. The van der Waals surface area contributed by atoms with E-state index in [1.54, 1.807) is 0 Å². The van der Waals surface area contributed by atoms with Gasteiger partial charge in [-0.3, -0.25) is 9.59 Å². The lowest BCUT2D eigenvalue weighted by Gasteiger charge is -2.19. The van der Waals surface area contributed by atoms with Crippen molar-refractivity contribution in [1.82, 2.24) is 10.2 Å². The maximum Gasteiger partial charge on any atom is 0.239 e. The first-order valence-electron chi connectivity index (χ1n) is 7.49. The van der Waals surface area contributed by atoms with Gasteiger partial charge in [-0.25, -0.2) is 0 Å². The zero-order chi connectivity index (χ0) is 15.4. The van der Waals surface area contributed by atoms with Gasteiger partial charge in [0.25, 0.3) is 0 Å². The molecule has 2 amide bonds. The number of nitrogens with zero attached hydrogens (tertiary/aromatic N) is 1. The average Bonchev–Trinajstić information content (AvgIpc) is 2.40. The van der Waals surface area contributed by atoms with E-state index >= 15 is 0 Å². The van der Waals surface area contributed by atoms with Gasteiger partial charge in [-0.15, -0.1) is 6.42 Å². The Morgan fingerprint density at radius 1 is 1.30 bits per heavy atom. The summed E-state index contributed by atoms with van der Waals surface area (Å²) < 4.78 is 0. The van der Waals surface area contributed by atoms with E-state index in [9.17, 15) is 9.59 Å². The molecule has 20 heavy (non-hydrogen) atoms. The second kappa shape index (κ2) is 11.3. The molecule has 0 fully saturated rings.